The van der Waals surface area contributed by atoms with E-state index < -0.39 is 5.41 Å². The molecule has 5 aliphatic carbocycles. The molecule has 0 unspecified atom stereocenters. The smallest absolute Gasteiger partial charge is 0.0503 e. The number of anilines is 6. The standard InChI is InChI=1S/C88H66N2/c1-86(65-19-5-2-6-20-65)84-55-72(89(68-21-7-3-8-22-68)70-45-33-59(34-46-70)57-87(66-43-41-61-37-39-63(61)53-66)80-29-15-11-25-74(80)75-26-12-16-30-81(75)87)49-51-78(84)79-52-50-73(56-85(79)86)90(69-23-9-4-10-24-69)71-47-35-60(36-48-71)58-88(67-44-42-62-38-40-64(62)54-67)82-31-17-13-27-76(82)77-28-14-18-32-83(77)88/h2-36,41-56H,37-40,57-58H2,1H3. The van der Waals surface area contributed by atoms with Gasteiger partial charge < -0.3 is 9.80 Å². The molecular weight excluding hydrogens is 1080 g/mol. The van der Waals surface area contributed by atoms with Gasteiger partial charge >= 0.3 is 0 Å². The van der Waals surface area contributed by atoms with Crippen LogP contribution in [-0.2, 0) is 54.8 Å². The van der Waals surface area contributed by atoms with Crippen molar-refractivity contribution in [2.75, 3.05) is 9.80 Å². The van der Waals surface area contributed by atoms with Gasteiger partial charge in [-0.3, -0.25) is 0 Å². The first kappa shape index (κ1) is 52.6. The van der Waals surface area contributed by atoms with Gasteiger partial charge in [-0.15, -0.1) is 0 Å². The topological polar surface area (TPSA) is 6.48 Å². The highest BCUT2D eigenvalue weighted by atomic mass is 15.1. The molecule has 13 aromatic carbocycles. The van der Waals surface area contributed by atoms with Crippen molar-refractivity contribution in [2.24, 2.45) is 0 Å². The third-order valence-electron chi connectivity index (χ3n) is 21.5. The van der Waals surface area contributed by atoms with Crippen LogP contribution in [0.1, 0.15) is 90.4 Å². The van der Waals surface area contributed by atoms with Crippen LogP contribution >= 0.6 is 0 Å². The summed E-state index contributed by atoms with van der Waals surface area (Å²) in [6.07, 6.45) is 6.37. The van der Waals surface area contributed by atoms with E-state index in [1.807, 2.05) is 0 Å². The second-order valence-electron chi connectivity index (χ2n) is 25.9. The molecule has 2 nitrogen and oxygen atoms in total. The number of hydrogen-bond acceptors (Lipinski definition) is 2. The van der Waals surface area contributed by atoms with Gasteiger partial charge in [0.15, 0.2) is 0 Å². The first-order valence-electron chi connectivity index (χ1n) is 32.3. The van der Waals surface area contributed by atoms with Crippen molar-refractivity contribution in [2.45, 2.75) is 61.7 Å². The van der Waals surface area contributed by atoms with Gasteiger partial charge in [-0.25, -0.2) is 0 Å². The summed E-state index contributed by atoms with van der Waals surface area (Å²) in [6, 6.07) is 118. The number of hydrogen-bond donors (Lipinski definition) is 0. The average Bonchev–Trinajstić information content (AvgIpc) is 1.55. The van der Waals surface area contributed by atoms with Crippen molar-refractivity contribution in [3.05, 3.63) is 393 Å². The molecule has 0 aromatic heterocycles. The first-order valence-corrected chi connectivity index (χ1v) is 32.3. The molecule has 0 atom stereocenters. The molecule has 0 bridgehead atoms. The van der Waals surface area contributed by atoms with Crippen LogP contribution in [0.3, 0.4) is 0 Å². The second-order valence-corrected chi connectivity index (χ2v) is 25.9. The number of nitrogens with zero attached hydrogens (tertiary/aromatic N) is 2. The number of aryl methyl sites for hydroxylation is 4. The van der Waals surface area contributed by atoms with Gasteiger partial charge in [0.1, 0.15) is 0 Å². The molecule has 0 radical (unpaired) electrons. The molecule has 0 N–H and O–H groups in total. The van der Waals surface area contributed by atoms with Crippen molar-refractivity contribution < 1.29 is 0 Å². The lowest BCUT2D eigenvalue weighted by Gasteiger charge is -2.35. The van der Waals surface area contributed by atoms with Gasteiger partial charge in [0, 0.05) is 39.5 Å². The summed E-state index contributed by atoms with van der Waals surface area (Å²) in [5, 5.41) is 0. The van der Waals surface area contributed by atoms with Crippen LogP contribution in [-0.4, -0.2) is 0 Å². The lowest BCUT2D eigenvalue weighted by molar-refractivity contribution is 0.625. The Labute approximate surface area is 528 Å². The molecule has 0 amide bonds. The Kier molecular flexibility index (Phi) is 12.0. The molecule has 0 spiro atoms. The van der Waals surface area contributed by atoms with Gasteiger partial charge in [0.25, 0.3) is 0 Å². The van der Waals surface area contributed by atoms with Gasteiger partial charge in [0.2, 0.25) is 0 Å². The Morgan fingerprint density at radius 1 is 0.244 bits per heavy atom. The number of fused-ring (bicyclic) bond motifs is 11. The van der Waals surface area contributed by atoms with E-state index in [1.54, 1.807) is 0 Å². The normalized spacial score (nSPS) is 14.9. The summed E-state index contributed by atoms with van der Waals surface area (Å²) >= 11 is 0. The fourth-order valence-corrected chi connectivity index (χ4v) is 16.8. The van der Waals surface area contributed by atoms with E-state index in [1.165, 1.54) is 130 Å². The van der Waals surface area contributed by atoms with Gasteiger partial charge in [-0.1, -0.05) is 237 Å². The molecule has 18 rings (SSSR count). The van der Waals surface area contributed by atoms with Crippen LogP contribution in [0.4, 0.5) is 34.1 Å². The summed E-state index contributed by atoms with van der Waals surface area (Å²) in [6.45, 7) is 2.45. The Bertz CT molecular complexity index is 4580. The first-order chi connectivity index (χ1) is 44.4. The van der Waals surface area contributed by atoms with Crippen LogP contribution in [0.2, 0.25) is 0 Å². The Morgan fingerprint density at radius 3 is 0.911 bits per heavy atom. The lowest BCUT2D eigenvalue weighted by atomic mass is 9.67. The number of para-hydroxylation sites is 2. The van der Waals surface area contributed by atoms with E-state index in [0.717, 1.165) is 59.8 Å². The molecule has 0 fully saturated rings. The summed E-state index contributed by atoms with van der Waals surface area (Å²) in [5.41, 5.74) is 34.3. The summed E-state index contributed by atoms with van der Waals surface area (Å²) in [7, 11) is 0. The SMILES string of the molecule is CC1(c2ccccc2)c2cc(N(c3ccccc3)c3ccc(CC4(c5ccc6c(c5)CC6)c5ccccc5-c5ccccc54)cc3)ccc2-c2ccc(N(c3ccccc3)c3ccc(CC4(c5ccc6c(c5)CC6)c5ccccc5-c5ccccc54)cc3)cc21. The minimum Gasteiger partial charge on any atom is -0.310 e. The fourth-order valence-electron chi connectivity index (χ4n) is 16.8. The summed E-state index contributed by atoms with van der Waals surface area (Å²) in [5.74, 6) is 0. The largest absolute Gasteiger partial charge is 0.310 e. The highest BCUT2D eigenvalue weighted by Crippen LogP contribution is 2.59. The highest BCUT2D eigenvalue weighted by molar-refractivity contribution is 5.91. The molecule has 0 heterocycles. The highest BCUT2D eigenvalue weighted by Gasteiger charge is 2.47. The van der Waals surface area contributed by atoms with Crippen LogP contribution < -0.4 is 9.80 Å². The van der Waals surface area contributed by atoms with Crippen LogP contribution in [0.25, 0.3) is 33.4 Å². The van der Waals surface area contributed by atoms with E-state index in [-0.39, 0.29) is 10.8 Å². The molecule has 428 valence electrons. The van der Waals surface area contributed by atoms with Crippen molar-refractivity contribution in [3.63, 3.8) is 0 Å². The lowest BCUT2D eigenvalue weighted by Crippen LogP contribution is -2.30. The van der Waals surface area contributed by atoms with Crippen LogP contribution in [0.5, 0.6) is 0 Å². The zero-order valence-corrected chi connectivity index (χ0v) is 50.6. The molecule has 2 heteroatoms. The minimum absolute atomic E-state index is 0.318. The third-order valence-corrected chi connectivity index (χ3v) is 21.5. The van der Waals surface area contributed by atoms with Crippen LogP contribution in [0, 0.1) is 0 Å². The minimum atomic E-state index is -0.488. The quantitative estimate of drug-likeness (QED) is 0.114. The van der Waals surface area contributed by atoms with Gasteiger partial charge in [0.05, 0.1) is 10.8 Å². The van der Waals surface area contributed by atoms with E-state index in [4.69, 9.17) is 0 Å². The van der Waals surface area contributed by atoms with Crippen molar-refractivity contribution in [3.8, 4) is 33.4 Å². The molecule has 0 saturated heterocycles. The Balaban J connectivity index is 0.717. The predicted octanol–water partition coefficient (Wildman–Crippen LogP) is 21.3. The Morgan fingerprint density at radius 2 is 0.556 bits per heavy atom. The third kappa shape index (κ3) is 7.90. The molecule has 0 saturated carbocycles. The average molecular weight is 1150 g/mol. The van der Waals surface area contributed by atoms with Crippen molar-refractivity contribution >= 4 is 34.1 Å². The molecule has 13 aromatic rings. The number of rotatable bonds is 13. The van der Waals surface area contributed by atoms with Crippen molar-refractivity contribution in [1.82, 2.24) is 0 Å². The maximum absolute atomic E-state index is 2.52. The molecule has 90 heavy (non-hydrogen) atoms. The maximum atomic E-state index is 2.52. The maximum Gasteiger partial charge on any atom is 0.0503 e. The molecular formula is C88H66N2. The monoisotopic (exact) mass is 1150 g/mol. The van der Waals surface area contributed by atoms with E-state index >= 15 is 0 Å². The van der Waals surface area contributed by atoms with E-state index in [0.29, 0.717) is 0 Å². The van der Waals surface area contributed by atoms with E-state index in [2.05, 4.69) is 326 Å². The number of benzene rings is 13. The van der Waals surface area contributed by atoms with E-state index in [9.17, 15) is 0 Å². The van der Waals surface area contributed by atoms with Crippen molar-refractivity contribution in [1.29, 1.82) is 0 Å². The zero-order valence-electron chi connectivity index (χ0n) is 50.6. The second kappa shape index (κ2) is 20.5. The fraction of sp³-hybridized carbons (Fsp3) is 0.114. The molecule has 5 aliphatic rings. The molecule has 0 aliphatic heterocycles. The summed E-state index contributed by atoms with van der Waals surface area (Å²) in [4.78, 5) is 4.91. The zero-order chi connectivity index (χ0) is 59.5. The van der Waals surface area contributed by atoms with Gasteiger partial charge in [-0.05, 0) is 235 Å². The van der Waals surface area contributed by atoms with Gasteiger partial charge in [-0.2, -0.15) is 0 Å². The summed E-state index contributed by atoms with van der Waals surface area (Å²) < 4.78 is 0. The Hall–Kier alpha value is -10.5. The van der Waals surface area contributed by atoms with Crippen LogP contribution in [0.15, 0.2) is 309 Å². The predicted molar refractivity (Wildman–Crippen MR) is 372 cm³/mol.